The summed E-state index contributed by atoms with van der Waals surface area (Å²) in [7, 11) is 1.64. The van der Waals surface area contributed by atoms with Gasteiger partial charge in [-0.1, -0.05) is 24.3 Å². The monoisotopic (exact) mass is 394 g/mol. The Balaban J connectivity index is 1.49. The third-order valence-corrected chi connectivity index (χ3v) is 5.11. The minimum absolute atomic E-state index is 0.0316. The molecule has 6 heteroatoms. The number of nitrogens with zero attached hydrogens (tertiary/aromatic N) is 1. The molecule has 0 spiro atoms. The first-order valence-corrected chi connectivity index (χ1v) is 9.82. The lowest BCUT2D eigenvalue weighted by Gasteiger charge is -2.15. The van der Waals surface area contributed by atoms with Crippen LogP contribution in [0.1, 0.15) is 47.7 Å². The van der Waals surface area contributed by atoms with E-state index in [-0.39, 0.29) is 43.1 Å². The van der Waals surface area contributed by atoms with Crippen molar-refractivity contribution in [1.29, 1.82) is 0 Å². The van der Waals surface area contributed by atoms with Crippen LogP contribution < -0.4 is 10.1 Å². The number of rotatable bonds is 8. The molecule has 152 valence electrons. The molecular weight excluding hydrogens is 368 g/mol. The van der Waals surface area contributed by atoms with E-state index in [9.17, 15) is 14.4 Å². The van der Waals surface area contributed by atoms with Crippen LogP contribution in [0.3, 0.4) is 0 Å². The van der Waals surface area contributed by atoms with Gasteiger partial charge in [0.1, 0.15) is 5.75 Å². The summed E-state index contributed by atoms with van der Waals surface area (Å²) in [6.45, 7) is 2.25. The van der Waals surface area contributed by atoms with Crippen molar-refractivity contribution in [2.24, 2.45) is 0 Å². The molecule has 1 atom stereocenters. The standard InChI is InChI=1S/C23H26N2O4/c1-16(3-4-17-7-11-20(29-2)12-8-17)24-23(28)19-9-5-18(6-10-19)15-25-21(26)13-14-22(25)27/h5-12,16H,3-4,13-15H2,1-2H3,(H,24,28). The van der Waals surface area contributed by atoms with E-state index >= 15 is 0 Å². The lowest BCUT2D eigenvalue weighted by molar-refractivity contribution is -0.139. The molecule has 3 amide bonds. The Morgan fingerprint density at radius 2 is 1.59 bits per heavy atom. The Bertz CT molecular complexity index is 859. The van der Waals surface area contributed by atoms with Gasteiger partial charge >= 0.3 is 0 Å². The van der Waals surface area contributed by atoms with Crippen molar-refractivity contribution >= 4 is 17.7 Å². The number of hydrogen-bond donors (Lipinski definition) is 1. The van der Waals surface area contributed by atoms with Gasteiger partial charge in [-0.05, 0) is 55.2 Å². The van der Waals surface area contributed by atoms with Gasteiger partial charge in [0.25, 0.3) is 5.91 Å². The van der Waals surface area contributed by atoms with Crippen molar-refractivity contribution in [3.8, 4) is 5.75 Å². The summed E-state index contributed by atoms with van der Waals surface area (Å²) in [5.74, 6) is 0.425. The normalized spacial score (nSPS) is 14.8. The minimum Gasteiger partial charge on any atom is -0.497 e. The van der Waals surface area contributed by atoms with Gasteiger partial charge in [0.2, 0.25) is 11.8 Å². The summed E-state index contributed by atoms with van der Waals surface area (Å²) in [6, 6.07) is 15.0. The van der Waals surface area contributed by atoms with Gasteiger partial charge in [-0.25, -0.2) is 0 Å². The second-order valence-electron chi connectivity index (χ2n) is 7.33. The number of nitrogens with one attached hydrogen (secondary N) is 1. The predicted octanol–water partition coefficient (Wildman–Crippen LogP) is 3.10. The molecule has 0 saturated carbocycles. The molecule has 0 radical (unpaired) electrons. The maximum Gasteiger partial charge on any atom is 0.251 e. The van der Waals surface area contributed by atoms with E-state index in [4.69, 9.17) is 4.74 Å². The highest BCUT2D eigenvalue weighted by Gasteiger charge is 2.28. The number of likely N-dealkylation sites (tertiary alicyclic amines) is 1. The van der Waals surface area contributed by atoms with Crippen LogP contribution in [0, 0.1) is 0 Å². The fourth-order valence-electron chi connectivity index (χ4n) is 3.30. The quantitative estimate of drug-likeness (QED) is 0.698. The zero-order valence-corrected chi connectivity index (χ0v) is 16.8. The second-order valence-corrected chi connectivity index (χ2v) is 7.33. The Labute approximate surface area is 170 Å². The molecule has 1 heterocycles. The molecule has 0 aliphatic carbocycles. The van der Waals surface area contributed by atoms with E-state index < -0.39 is 0 Å². The van der Waals surface area contributed by atoms with Gasteiger partial charge in [0.05, 0.1) is 13.7 Å². The number of hydrogen-bond acceptors (Lipinski definition) is 4. The average molecular weight is 394 g/mol. The molecule has 0 bridgehead atoms. The molecular formula is C23H26N2O4. The van der Waals surface area contributed by atoms with Gasteiger partial charge in [0, 0.05) is 24.4 Å². The first-order chi connectivity index (χ1) is 14.0. The Morgan fingerprint density at radius 3 is 2.17 bits per heavy atom. The fraction of sp³-hybridized carbons (Fsp3) is 0.348. The average Bonchev–Trinajstić information content (AvgIpc) is 3.05. The zero-order valence-electron chi connectivity index (χ0n) is 16.8. The van der Waals surface area contributed by atoms with E-state index in [2.05, 4.69) is 5.32 Å². The van der Waals surface area contributed by atoms with Gasteiger partial charge in [0.15, 0.2) is 0 Å². The molecule has 1 N–H and O–H groups in total. The Morgan fingerprint density at radius 1 is 1.00 bits per heavy atom. The molecule has 3 rings (SSSR count). The summed E-state index contributed by atoms with van der Waals surface area (Å²) in [6.07, 6.45) is 2.26. The highest BCUT2D eigenvalue weighted by Crippen LogP contribution is 2.17. The first kappa shape index (κ1) is 20.6. The van der Waals surface area contributed by atoms with Crippen LogP contribution in [0.4, 0.5) is 0 Å². The van der Waals surface area contributed by atoms with Crippen molar-refractivity contribution in [3.05, 3.63) is 65.2 Å². The van der Waals surface area contributed by atoms with E-state index in [1.54, 1.807) is 31.4 Å². The molecule has 2 aromatic rings. The summed E-state index contributed by atoms with van der Waals surface area (Å²) < 4.78 is 5.16. The fourth-order valence-corrected chi connectivity index (χ4v) is 3.30. The lowest BCUT2D eigenvalue weighted by atomic mass is 10.1. The Hall–Kier alpha value is -3.15. The van der Waals surface area contributed by atoms with Crippen LogP contribution in [-0.4, -0.2) is 35.8 Å². The number of benzene rings is 2. The number of amides is 3. The van der Waals surface area contributed by atoms with Crippen LogP contribution in [0.5, 0.6) is 5.75 Å². The van der Waals surface area contributed by atoms with Gasteiger partial charge in [-0.2, -0.15) is 0 Å². The molecule has 1 fully saturated rings. The van der Waals surface area contributed by atoms with Crippen LogP contribution in [0.15, 0.2) is 48.5 Å². The zero-order chi connectivity index (χ0) is 20.8. The van der Waals surface area contributed by atoms with E-state index in [1.165, 1.54) is 10.5 Å². The van der Waals surface area contributed by atoms with Crippen molar-refractivity contribution in [2.75, 3.05) is 7.11 Å². The molecule has 2 aromatic carbocycles. The summed E-state index contributed by atoms with van der Waals surface area (Å²) in [5, 5.41) is 3.01. The van der Waals surface area contributed by atoms with Crippen LogP contribution in [0.25, 0.3) is 0 Å². The summed E-state index contributed by atoms with van der Waals surface area (Å²) in [4.78, 5) is 37.2. The molecule has 1 aliphatic rings. The topological polar surface area (TPSA) is 75.7 Å². The van der Waals surface area contributed by atoms with E-state index in [0.29, 0.717) is 5.56 Å². The molecule has 29 heavy (non-hydrogen) atoms. The van der Waals surface area contributed by atoms with Crippen LogP contribution in [0.2, 0.25) is 0 Å². The molecule has 0 aromatic heterocycles. The first-order valence-electron chi connectivity index (χ1n) is 9.82. The van der Waals surface area contributed by atoms with Gasteiger partial charge < -0.3 is 10.1 Å². The summed E-state index contributed by atoms with van der Waals surface area (Å²) >= 11 is 0. The Kier molecular flexibility index (Phi) is 6.65. The highest BCUT2D eigenvalue weighted by molar-refractivity contribution is 6.01. The molecule has 1 aliphatic heterocycles. The minimum atomic E-state index is -0.137. The number of ether oxygens (including phenoxy) is 1. The summed E-state index contributed by atoms with van der Waals surface area (Å²) in [5.41, 5.74) is 2.59. The largest absolute Gasteiger partial charge is 0.497 e. The smallest absolute Gasteiger partial charge is 0.251 e. The van der Waals surface area contributed by atoms with Crippen molar-refractivity contribution in [1.82, 2.24) is 10.2 Å². The van der Waals surface area contributed by atoms with Crippen molar-refractivity contribution in [2.45, 2.75) is 45.2 Å². The second kappa shape index (κ2) is 9.37. The van der Waals surface area contributed by atoms with E-state index in [1.807, 2.05) is 31.2 Å². The maximum absolute atomic E-state index is 12.5. The predicted molar refractivity (Wildman–Crippen MR) is 109 cm³/mol. The SMILES string of the molecule is COc1ccc(CCC(C)NC(=O)c2ccc(CN3C(=O)CCC3=O)cc2)cc1. The van der Waals surface area contributed by atoms with Crippen LogP contribution in [-0.2, 0) is 22.6 Å². The van der Waals surface area contributed by atoms with Gasteiger partial charge in [-0.3, -0.25) is 19.3 Å². The third-order valence-electron chi connectivity index (χ3n) is 5.11. The number of aryl methyl sites for hydroxylation is 1. The molecule has 6 nitrogen and oxygen atoms in total. The van der Waals surface area contributed by atoms with Crippen molar-refractivity contribution < 1.29 is 19.1 Å². The molecule has 1 unspecified atom stereocenters. The highest BCUT2D eigenvalue weighted by atomic mass is 16.5. The lowest BCUT2D eigenvalue weighted by Crippen LogP contribution is -2.33. The number of carbonyl (C=O) groups excluding carboxylic acids is 3. The van der Waals surface area contributed by atoms with Crippen LogP contribution >= 0.6 is 0 Å². The molecule has 1 saturated heterocycles. The maximum atomic E-state index is 12.5. The third kappa shape index (κ3) is 5.44. The van der Waals surface area contributed by atoms with Gasteiger partial charge in [-0.15, -0.1) is 0 Å². The van der Waals surface area contributed by atoms with E-state index in [0.717, 1.165) is 24.2 Å². The number of methoxy groups -OCH3 is 1. The number of carbonyl (C=O) groups is 3. The number of imide groups is 1. The van der Waals surface area contributed by atoms with Crippen molar-refractivity contribution in [3.63, 3.8) is 0 Å².